The van der Waals surface area contributed by atoms with Crippen molar-refractivity contribution in [3.05, 3.63) is 60.2 Å². The Morgan fingerprint density at radius 3 is 2.33 bits per heavy atom. The van der Waals surface area contributed by atoms with E-state index in [1.54, 1.807) is 0 Å². The predicted molar refractivity (Wildman–Crippen MR) is 89.3 cm³/mol. The van der Waals surface area contributed by atoms with Gasteiger partial charge in [-0.2, -0.15) is 0 Å². The molecule has 2 aromatic carbocycles. The van der Waals surface area contributed by atoms with E-state index < -0.39 is 0 Å². The van der Waals surface area contributed by atoms with Crippen LogP contribution < -0.4 is 5.32 Å². The molecule has 1 heterocycles. The highest BCUT2D eigenvalue weighted by Gasteiger charge is 2.21. The van der Waals surface area contributed by atoms with E-state index in [2.05, 4.69) is 78.7 Å². The third kappa shape index (κ3) is 3.34. The summed E-state index contributed by atoms with van der Waals surface area (Å²) < 4.78 is 0. The van der Waals surface area contributed by atoms with Crippen molar-refractivity contribution in [1.29, 1.82) is 0 Å². The lowest BCUT2D eigenvalue weighted by Crippen LogP contribution is -2.49. The molecule has 0 spiro atoms. The van der Waals surface area contributed by atoms with Crippen molar-refractivity contribution >= 4 is 0 Å². The molecular weight excluding hydrogens is 256 g/mol. The zero-order chi connectivity index (χ0) is 14.7. The lowest BCUT2D eigenvalue weighted by molar-refractivity contribution is 0.159. The van der Waals surface area contributed by atoms with Crippen molar-refractivity contribution in [2.24, 2.45) is 0 Å². The van der Waals surface area contributed by atoms with Crippen LogP contribution in [0.5, 0.6) is 0 Å². The standard InChI is InChI=1S/C19H24N2/c1-15-14-21(13-12-20-15)16(2)17-8-10-19(11-9-17)18-6-4-3-5-7-18/h3-11,15-16,20H,12-14H2,1-2H3. The molecule has 0 radical (unpaired) electrons. The van der Waals surface area contributed by atoms with Gasteiger partial charge in [-0.05, 0) is 30.5 Å². The van der Waals surface area contributed by atoms with Crippen molar-refractivity contribution in [2.75, 3.05) is 19.6 Å². The van der Waals surface area contributed by atoms with Crippen molar-refractivity contribution < 1.29 is 0 Å². The van der Waals surface area contributed by atoms with Crippen LogP contribution in [0, 0.1) is 0 Å². The first-order valence-electron chi connectivity index (χ1n) is 7.87. The second-order valence-corrected chi connectivity index (χ2v) is 6.01. The summed E-state index contributed by atoms with van der Waals surface area (Å²) in [7, 11) is 0. The first kappa shape index (κ1) is 14.3. The highest BCUT2D eigenvalue weighted by atomic mass is 15.2. The van der Waals surface area contributed by atoms with Gasteiger partial charge in [0.25, 0.3) is 0 Å². The second-order valence-electron chi connectivity index (χ2n) is 6.01. The number of nitrogens with zero attached hydrogens (tertiary/aromatic N) is 1. The normalized spacial score (nSPS) is 21.1. The van der Waals surface area contributed by atoms with E-state index in [1.165, 1.54) is 16.7 Å². The Kier molecular flexibility index (Phi) is 4.37. The molecule has 0 aliphatic carbocycles. The van der Waals surface area contributed by atoms with E-state index in [1.807, 2.05) is 0 Å². The fraction of sp³-hybridized carbons (Fsp3) is 0.368. The molecule has 1 N–H and O–H groups in total. The summed E-state index contributed by atoms with van der Waals surface area (Å²) in [6.07, 6.45) is 0. The summed E-state index contributed by atoms with van der Waals surface area (Å²) in [5, 5.41) is 3.51. The van der Waals surface area contributed by atoms with Crippen LogP contribution in [0.4, 0.5) is 0 Å². The average molecular weight is 280 g/mol. The van der Waals surface area contributed by atoms with E-state index in [0.717, 1.165) is 19.6 Å². The van der Waals surface area contributed by atoms with Gasteiger partial charge in [-0.3, -0.25) is 4.90 Å². The molecule has 21 heavy (non-hydrogen) atoms. The minimum atomic E-state index is 0.486. The van der Waals surface area contributed by atoms with Crippen LogP contribution in [0.15, 0.2) is 54.6 Å². The maximum absolute atomic E-state index is 3.51. The highest BCUT2D eigenvalue weighted by Crippen LogP contribution is 2.25. The van der Waals surface area contributed by atoms with Crippen LogP contribution in [0.25, 0.3) is 11.1 Å². The monoisotopic (exact) mass is 280 g/mol. The van der Waals surface area contributed by atoms with Crippen molar-refractivity contribution in [3.8, 4) is 11.1 Å². The smallest absolute Gasteiger partial charge is 0.0321 e. The molecule has 2 aromatic rings. The topological polar surface area (TPSA) is 15.3 Å². The minimum Gasteiger partial charge on any atom is -0.312 e. The Bertz CT molecular complexity index is 562. The van der Waals surface area contributed by atoms with Crippen molar-refractivity contribution in [1.82, 2.24) is 10.2 Å². The van der Waals surface area contributed by atoms with Crippen LogP contribution in [0.1, 0.15) is 25.5 Å². The number of hydrogen-bond donors (Lipinski definition) is 1. The molecule has 2 atom stereocenters. The fourth-order valence-corrected chi connectivity index (χ4v) is 3.11. The number of piperazine rings is 1. The largest absolute Gasteiger partial charge is 0.312 e. The van der Waals surface area contributed by atoms with Crippen LogP contribution in [-0.2, 0) is 0 Å². The molecule has 2 heteroatoms. The first-order valence-corrected chi connectivity index (χ1v) is 7.87. The first-order chi connectivity index (χ1) is 10.2. The molecule has 0 aromatic heterocycles. The Balaban J connectivity index is 1.74. The van der Waals surface area contributed by atoms with E-state index in [4.69, 9.17) is 0 Å². The molecule has 0 amide bonds. The van der Waals surface area contributed by atoms with Gasteiger partial charge in [-0.15, -0.1) is 0 Å². The Labute approximate surface area is 127 Å². The van der Waals surface area contributed by atoms with E-state index >= 15 is 0 Å². The van der Waals surface area contributed by atoms with E-state index in [-0.39, 0.29) is 0 Å². The van der Waals surface area contributed by atoms with Gasteiger partial charge in [0.1, 0.15) is 0 Å². The fourth-order valence-electron chi connectivity index (χ4n) is 3.11. The lowest BCUT2D eigenvalue weighted by Gasteiger charge is -2.36. The summed E-state index contributed by atoms with van der Waals surface area (Å²) in [5.41, 5.74) is 3.98. The van der Waals surface area contributed by atoms with Gasteiger partial charge in [0.15, 0.2) is 0 Å². The number of benzene rings is 2. The molecule has 1 aliphatic heterocycles. The molecule has 1 aliphatic rings. The molecule has 1 fully saturated rings. The number of nitrogens with one attached hydrogen (secondary N) is 1. The van der Waals surface area contributed by atoms with E-state index in [0.29, 0.717) is 12.1 Å². The summed E-state index contributed by atoms with van der Waals surface area (Å²) in [5.74, 6) is 0. The third-order valence-electron chi connectivity index (χ3n) is 4.45. The number of hydrogen-bond acceptors (Lipinski definition) is 2. The van der Waals surface area contributed by atoms with Crippen LogP contribution >= 0.6 is 0 Å². The van der Waals surface area contributed by atoms with Crippen LogP contribution in [-0.4, -0.2) is 30.6 Å². The maximum atomic E-state index is 3.51. The summed E-state index contributed by atoms with van der Waals surface area (Å²) in [6.45, 7) is 7.92. The van der Waals surface area contributed by atoms with Gasteiger partial charge >= 0.3 is 0 Å². The SMILES string of the molecule is CC1CN(C(C)c2ccc(-c3ccccc3)cc2)CCN1. The minimum absolute atomic E-state index is 0.486. The third-order valence-corrected chi connectivity index (χ3v) is 4.45. The molecule has 3 rings (SSSR count). The van der Waals surface area contributed by atoms with Gasteiger partial charge in [-0.1, -0.05) is 54.6 Å². The average Bonchev–Trinajstić information content (AvgIpc) is 2.55. The second kappa shape index (κ2) is 6.42. The molecule has 0 bridgehead atoms. The Morgan fingerprint density at radius 1 is 1.00 bits per heavy atom. The predicted octanol–water partition coefficient (Wildman–Crippen LogP) is 3.71. The molecule has 1 saturated heterocycles. The quantitative estimate of drug-likeness (QED) is 0.922. The lowest BCUT2D eigenvalue weighted by atomic mass is 10.00. The molecule has 0 saturated carbocycles. The van der Waals surface area contributed by atoms with Gasteiger partial charge in [-0.25, -0.2) is 0 Å². The summed E-state index contributed by atoms with van der Waals surface area (Å²) in [6, 6.07) is 20.7. The molecule has 2 nitrogen and oxygen atoms in total. The van der Waals surface area contributed by atoms with Gasteiger partial charge in [0.2, 0.25) is 0 Å². The zero-order valence-electron chi connectivity index (χ0n) is 12.9. The maximum Gasteiger partial charge on any atom is 0.0321 e. The van der Waals surface area contributed by atoms with E-state index in [9.17, 15) is 0 Å². The molecule has 2 unspecified atom stereocenters. The van der Waals surface area contributed by atoms with Crippen molar-refractivity contribution in [3.63, 3.8) is 0 Å². The van der Waals surface area contributed by atoms with Crippen LogP contribution in [0.2, 0.25) is 0 Å². The number of rotatable bonds is 3. The highest BCUT2D eigenvalue weighted by molar-refractivity contribution is 5.63. The van der Waals surface area contributed by atoms with Crippen LogP contribution in [0.3, 0.4) is 0 Å². The Hall–Kier alpha value is -1.64. The van der Waals surface area contributed by atoms with Crippen molar-refractivity contribution in [2.45, 2.75) is 25.9 Å². The van der Waals surface area contributed by atoms with Gasteiger partial charge < -0.3 is 5.32 Å². The summed E-state index contributed by atoms with van der Waals surface area (Å²) in [4.78, 5) is 2.57. The zero-order valence-corrected chi connectivity index (χ0v) is 12.9. The summed E-state index contributed by atoms with van der Waals surface area (Å²) >= 11 is 0. The molecule has 110 valence electrons. The van der Waals surface area contributed by atoms with Gasteiger partial charge in [0.05, 0.1) is 0 Å². The Morgan fingerprint density at radius 2 is 1.67 bits per heavy atom. The molecular formula is C19H24N2. The van der Waals surface area contributed by atoms with Gasteiger partial charge in [0, 0.05) is 31.7 Å².